The summed E-state index contributed by atoms with van der Waals surface area (Å²) in [5.74, 6) is 3.34. The molecule has 2 atom stereocenters. The molecular weight excluding hydrogens is 440 g/mol. The van der Waals surface area contributed by atoms with Crippen LogP contribution in [0.1, 0.15) is 122 Å². The molecule has 0 radical (unpaired) electrons. The van der Waals surface area contributed by atoms with Gasteiger partial charge in [-0.25, -0.2) is 0 Å². The number of hydrogen-bond acceptors (Lipinski definition) is 3. The van der Waals surface area contributed by atoms with Gasteiger partial charge in [0.2, 0.25) is 0 Å². The molecule has 0 amide bonds. The molecule has 0 aliphatic heterocycles. The Bertz CT molecular complexity index is 847. The van der Waals surface area contributed by atoms with E-state index in [2.05, 4.69) is 64.4 Å². The van der Waals surface area contributed by atoms with Crippen LogP contribution in [0.25, 0.3) is 9.75 Å². The molecule has 1 aliphatic rings. The van der Waals surface area contributed by atoms with Crippen molar-refractivity contribution in [2.75, 3.05) is 0 Å². The standard InChI is InChI=1S/C30H46OS2/c1-21(2)9-7-11-23(5)13-17-30(18-14-24(6)12-8-10-22(3)4)26-16-20-33-28(26)27-25(29(30)31)15-19-32-27/h15-16,19-24H,7-14,17-18H2,1-6H3. The molecule has 33 heavy (non-hydrogen) atoms. The van der Waals surface area contributed by atoms with E-state index in [-0.39, 0.29) is 5.41 Å². The first-order chi connectivity index (χ1) is 15.7. The van der Waals surface area contributed by atoms with E-state index in [1.807, 2.05) is 11.3 Å². The lowest BCUT2D eigenvalue weighted by Crippen LogP contribution is -2.39. The van der Waals surface area contributed by atoms with E-state index in [1.54, 1.807) is 11.3 Å². The van der Waals surface area contributed by atoms with Crippen LogP contribution in [0.15, 0.2) is 22.9 Å². The number of rotatable bonds is 14. The van der Waals surface area contributed by atoms with Crippen LogP contribution in [0.5, 0.6) is 0 Å². The van der Waals surface area contributed by atoms with Crippen LogP contribution < -0.4 is 0 Å². The summed E-state index contributed by atoms with van der Waals surface area (Å²) in [6, 6.07) is 4.38. The molecule has 2 aromatic heterocycles. The number of carbonyl (C=O) groups is 1. The van der Waals surface area contributed by atoms with E-state index < -0.39 is 0 Å². The van der Waals surface area contributed by atoms with E-state index in [0.29, 0.717) is 17.6 Å². The van der Waals surface area contributed by atoms with E-state index in [4.69, 9.17) is 0 Å². The Kier molecular flexibility index (Phi) is 9.83. The summed E-state index contributed by atoms with van der Waals surface area (Å²) in [6.07, 6.45) is 12.1. The van der Waals surface area contributed by atoms with E-state index in [1.165, 1.54) is 53.8 Å². The first kappa shape index (κ1) is 26.7. The fourth-order valence-electron chi connectivity index (χ4n) is 5.55. The van der Waals surface area contributed by atoms with Gasteiger partial charge in [-0.3, -0.25) is 4.79 Å². The highest BCUT2D eigenvalue weighted by molar-refractivity contribution is 7.21. The van der Waals surface area contributed by atoms with Gasteiger partial charge in [0.05, 0.1) is 10.3 Å². The minimum absolute atomic E-state index is 0.317. The van der Waals surface area contributed by atoms with Crippen molar-refractivity contribution < 1.29 is 4.79 Å². The highest BCUT2D eigenvalue weighted by Crippen LogP contribution is 2.52. The second-order valence-electron chi connectivity index (χ2n) is 11.7. The number of ketones is 1. The van der Waals surface area contributed by atoms with Crippen molar-refractivity contribution >= 4 is 28.5 Å². The van der Waals surface area contributed by atoms with Crippen LogP contribution >= 0.6 is 22.7 Å². The molecule has 2 unspecified atom stereocenters. The predicted octanol–water partition coefficient (Wildman–Crippen LogP) is 10.4. The van der Waals surface area contributed by atoms with Crippen molar-refractivity contribution in [3.63, 3.8) is 0 Å². The van der Waals surface area contributed by atoms with Gasteiger partial charge in [-0.1, -0.05) is 80.1 Å². The largest absolute Gasteiger partial charge is 0.293 e. The second kappa shape index (κ2) is 12.2. The SMILES string of the molecule is CC(C)CCCC(C)CCC1(CCC(C)CCCC(C)C)C(=O)c2ccsc2-c2sccc21. The van der Waals surface area contributed by atoms with Gasteiger partial charge in [0, 0.05) is 10.4 Å². The van der Waals surface area contributed by atoms with E-state index in [0.717, 1.165) is 43.1 Å². The van der Waals surface area contributed by atoms with Crippen LogP contribution in [0.4, 0.5) is 0 Å². The Balaban J connectivity index is 1.77. The van der Waals surface area contributed by atoms with Gasteiger partial charge in [-0.15, -0.1) is 22.7 Å². The van der Waals surface area contributed by atoms with Crippen molar-refractivity contribution in [1.29, 1.82) is 0 Å². The first-order valence-corrected chi connectivity index (χ1v) is 15.2. The van der Waals surface area contributed by atoms with Crippen molar-refractivity contribution in [2.45, 2.75) is 111 Å². The minimum atomic E-state index is -0.317. The Morgan fingerprint density at radius 3 is 1.76 bits per heavy atom. The van der Waals surface area contributed by atoms with Crippen molar-refractivity contribution in [3.05, 3.63) is 34.0 Å². The predicted molar refractivity (Wildman–Crippen MR) is 148 cm³/mol. The van der Waals surface area contributed by atoms with Gasteiger partial charge in [0.1, 0.15) is 0 Å². The van der Waals surface area contributed by atoms with E-state index in [9.17, 15) is 4.79 Å². The number of carbonyl (C=O) groups excluding carboxylic acids is 1. The molecule has 0 saturated heterocycles. The molecule has 0 fully saturated rings. The lowest BCUT2D eigenvalue weighted by molar-refractivity contribution is 0.0846. The van der Waals surface area contributed by atoms with Crippen molar-refractivity contribution in [2.24, 2.45) is 23.7 Å². The molecular formula is C30H46OS2. The summed E-state index contributed by atoms with van der Waals surface area (Å²) in [7, 11) is 0. The van der Waals surface area contributed by atoms with Crippen molar-refractivity contribution in [3.8, 4) is 9.75 Å². The van der Waals surface area contributed by atoms with E-state index >= 15 is 0 Å². The van der Waals surface area contributed by atoms with Crippen molar-refractivity contribution in [1.82, 2.24) is 0 Å². The molecule has 3 heteroatoms. The fraction of sp³-hybridized carbons (Fsp3) is 0.700. The average molecular weight is 487 g/mol. The molecule has 0 spiro atoms. The first-order valence-electron chi connectivity index (χ1n) is 13.4. The maximum absolute atomic E-state index is 14.1. The Labute approximate surface area is 211 Å². The molecule has 184 valence electrons. The smallest absolute Gasteiger partial charge is 0.174 e. The van der Waals surface area contributed by atoms with Gasteiger partial charge in [0.15, 0.2) is 5.78 Å². The molecule has 0 N–H and O–H groups in total. The Morgan fingerprint density at radius 2 is 1.21 bits per heavy atom. The number of thiophene rings is 2. The zero-order valence-corrected chi connectivity index (χ0v) is 23.5. The topological polar surface area (TPSA) is 17.1 Å². The lowest BCUT2D eigenvalue weighted by Gasteiger charge is -2.38. The molecule has 0 bridgehead atoms. The molecule has 2 heterocycles. The molecule has 0 aromatic carbocycles. The van der Waals surface area contributed by atoms with Gasteiger partial charge in [0.25, 0.3) is 0 Å². The quantitative estimate of drug-likeness (QED) is 0.259. The van der Waals surface area contributed by atoms with Gasteiger partial charge < -0.3 is 0 Å². The fourth-order valence-corrected chi connectivity index (χ4v) is 7.63. The number of Topliss-reactive ketones (excluding diaryl/α,β-unsaturated/α-hetero) is 1. The minimum Gasteiger partial charge on any atom is -0.293 e. The summed E-state index contributed by atoms with van der Waals surface area (Å²) >= 11 is 3.58. The van der Waals surface area contributed by atoms with Crippen LogP contribution in [-0.2, 0) is 5.41 Å². The van der Waals surface area contributed by atoms with Crippen LogP contribution in [-0.4, -0.2) is 5.78 Å². The maximum Gasteiger partial charge on any atom is 0.174 e. The van der Waals surface area contributed by atoms with Crippen LogP contribution in [0.2, 0.25) is 0 Å². The average Bonchev–Trinajstić information content (AvgIpc) is 3.42. The highest BCUT2D eigenvalue weighted by atomic mass is 32.1. The molecule has 3 rings (SSSR count). The molecule has 2 aromatic rings. The van der Waals surface area contributed by atoms with Gasteiger partial charge in [-0.2, -0.15) is 0 Å². The third-order valence-electron chi connectivity index (χ3n) is 7.82. The normalized spacial score (nSPS) is 19.7. The van der Waals surface area contributed by atoms with Gasteiger partial charge in [-0.05, 0) is 77.8 Å². The van der Waals surface area contributed by atoms with Crippen LogP contribution in [0.3, 0.4) is 0 Å². The molecule has 1 aliphatic carbocycles. The Hall–Kier alpha value is -0.930. The monoisotopic (exact) mass is 486 g/mol. The zero-order chi connectivity index (χ0) is 24.0. The molecule has 0 saturated carbocycles. The maximum atomic E-state index is 14.1. The lowest BCUT2D eigenvalue weighted by atomic mass is 9.64. The zero-order valence-electron chi connectivity index (χ0n) is 21.9. The summed E-state index contributed by atoms with van der Waals surface area (Å²) in [5, 5.41) is 4.34. The summed E-state index contributed by atoms with van der Waals surface area (Å²) in [4.78, 5) is 16.7. The van der Waals surface area contributed by atoms with Crippen LogP contribution in [0, 0.1) is 23.7 Å². The summed E-state index contributed by atoms with van der Waals surface area (Å²) < 4.78 is 0. The third kappa shape index (κ3) is 6.60. The highest BCUT2D eigenvalue weighted by Gasteiger charge is 2.46. The van der Waals surface area contributed by atoms with Gasteiger partial charge >= 0.3 is 0 Å². The summed E-state index contributed by atoms with van der Waals surface area (Å²) in [6.45, 7) is 14.1. The number of fused-ring (bicyclic) bond motifs is 3. The number of hydrogen-bond donors (Lipinski definition) is 0. The summed E-state index contributed by atoms with van der Waals surface area (Å²) in [5.41, 5.74) is 2.02. The Morgan fingerprint density at radius 1 is 0.697 bits per heavy atom. The third-order valence-corrected chi connectivity index (χ3v) is 9.81. The molecule has 1 nitrogen and oxygen atoms in total. The second-order valence-corrected chi connectivity index (χ2v) is 13.5.